The van der Waals surface area contributed by atoms with Gasteiger partial charge in [-0.2, -0.15) is 0 Å². The first-order valence-electron chi connectivity index (χ1n) is 6.51. The van der Waals surface area contributed by atoms with Crippen LogP contribution in [0.15, 0.2) is 12.1 Å². The number of nitrogen functional groups attached to an aromatic ring is 1. The summed E-state index contributed by atoms with van der Waals surface area (Å²) in [6.45, 7) is 0.941. The third-order valence-corrected chi connectivity index (χ3v) is 4.29. The molecule has 0 amide bonds. The van der Waals surface area contributed by atoms with E-state index in [9.17, 15) is 4.39 Å². The zero-order chi connectivity index (χ0) is 12.8. The predicted octanol–water partition coefficient (Wildman–Crippen LogP) is 3.02. The first kappa shape index (κ1) is 11.6. The van der Waals surface area contributed by atoms with E-state index in [2.05, 4.69) is 5.32 Å². The average Bonchev–Trinajstić information content (AvgIpc) is 3.20. The number of rotatable bonds is 5. The van der Waals surface area contributed by atoms with Gasteiger partial charge in [0.15, 0.2) is 11.6 Å². The van der Waals surface area contributed by atoms with Crippen molar-refractivity contribution in [2.75, 3.05) is 24.7 Å². The van der Waals surface area contributed by atoms with Crippen LogP contribution in [0.5, 0.6) is 5.75 Å². The molecule has 18 heavy (non-hydrogen) atoms. The zero-order valence-corrected chi connectivity index (χ0v) is 10.6. The van der Waals surface area contributed by atoms with E-state index in [1.165, 1.54) is 38.9 Å². The van der Waals surface area contributed by atoms with Crippen LogP contribution in [-0.4, -0.2) is 13.7 Å². The maximum absolute atomic E-state index is 13.4. The molecule has 3 N–H and O–H groups in total. The molecule has 0 spiro atoms. The molecule has 0 bridgehead atoms. The largest absolute Gasteiger partial charge is 0.494 e. The van der Waals surface area contributed by atoms with E-state index >= 15 is 0 Å². The van der Waals surface area contributed by atoms with E-state index < -0.39 is 5.82 Å². The summed E-state index contributed by atoms with van der Waals surface area (Å²) < 4.78 is 18.4. The van der Waals surface area contributed by atoms with Gasteiger partial charge < -0.3 is 15.8 Å². The first-order valence-corrected chi connectivity index (χ1v) is 6.51. The molecule has 1 aromatic carbocycles. The molecule has 0 aliphatic heterocycles. The second-order valence-electron chi connectivity index (χ2n) is 5.56. The van der Waals surface area contributed by atoms with Crippen molar-refractivity contribution in [2.24, 2.45) is 11.3 Å². The number of hydrogen-bond acceptors (Lipinski definition) is 3. The van der Waals surface area contributed by atoms with Gasteiger partial charge in [-0.3, -0.25) is 0 Å². The quantitative estimate of drug-likeness (QED) is 0.790. The molecule has 3 nitrogen and oxygen atoms in total. The van der Waals surface area contributed by atoms with E-state index in [0.717, 1.165) is 18.2 Å². The number of ether oxygens (including phenoxy) is 1. The van der Waals surface area contributed by atoms with Crippen molar-refractivity contribution < 1.29 is 9.13 Å². The maximum Gasteiger partial charge on any atom is 0.167 e. The van der Waals surface area contributed by atoms with E-state index in [-0.39, 0.29) is 5.75 Å². The van der Waals surface area contributed by atoms with E-state index in [1.54, 1.807) is 6.07 Å². The lowest BCUT2D eigenvalue weighted by Gasteiger charge is -2.18. The normalized spacial score (nSPS) is 20.6. The van der Waals surface area contributed by atoms with Crippen molar-refractivity contribution in [3.05, 3.63) is 17.9 Å². The van der Waals surface area contributed by atoms with E-state index in [1.807, 2.05) is 0 Å². The van der Waals surface area contributed by atoms with Crippen LogP contribution in [0, 0.1) is 17.2 Å². The highest BCUT2D eigenvalue weighted by atomic mass is 19.1. The molecule has 4 heteroatoms. The zero-order valence-electron chi connectivity index (χ0n) is 10.6. The SMILES string of the molecule is COc1cc(NCC2(C3CC3)CC2)c(N)cc1F. The standard InChI is InChI=1S/C14H19FN2O/c1-18-13-7-12(11(16)6-10(13)15)17-8-14(4-5-14)9-2-3-9/h6-7,9,17H,2-5,8,16H2,1H3. The fourth-order valence-corrected chi connectivity index (χ4v) is 2.74. The van der Waals surface area contributed by atoms with Gasteiger partial charge in [-0.05, 0) is 37.0 Å². The van der Waals surface area contributed by atoms with Crippen LogP contribution in [0.25, 0.3) is 0 Å². The molecule has 0 aromatic heterocycles. The number of benzene rings is 1. The fourth-order valence-electron chi connectivity index (χ4n) is 2.74. The molecular formula is C14H19FN2O. The van der Waals surface area contributed by atoms with Gasteiger partial charge in [-0.1, -0.05) is 0 Å². The molecule has 98 valence electrons. The molecule has 2 aliphatic rings. The summed E-state index contributed by atoms with van der Waals surface area (Å²) in [4.78, 5) is 0. The third-order valence-electron chi connectivity index (χ3n) is 4.29. The van der Waals surface area contributed by atoms with Crippen LogP contribution in [0.3, 0.4) is 0 Å². The molecule has 0 saturated heterocycles. The minimum atomic E-state index is -0.413. The summed E-state index contributed by atoms with van der Waals surface area (Å²) >= 11 is 0. The lowest BCUT2D eigenvalue weighted by molar-refractivity contribution is 0.387. The minimum Gasteiger partial charge on any atom is -0.494 e. The second-order valence-corrected chi connectivity index (χ2v) is 5.56. The van der Waals surface area contributed by atoms with Gasteiger partial charge in [0.05, 0.1) is 18.5 Å². The van der Waals surface area contributed by atoms with Crippen LogP contribution in [0.1, 0.15) is 25.7 Å². The smallest absolute Gasteiger partial charge is 0.167 e. The Bertz CT molecular complexity index is 467. The van der Waals surface area contributed by atoms with E-state index in [4.69, 9.17) is 10.5 Å². The van der Waals surface area contributed by atoms with Crippen LogP contribution >= 0.6 is 0 Å². The monoisotopic (exact) mass is 250 g/mol. The molecule has 0 heterocycles. The van der Waals surface area contributed by atoms with Gasteiger partial charge in [-0.15, -0.1) is 0 Å². The maximum atomic E-state index is 13.4. The molecule has 0 atom stereocenters. The second kappa shape index (κ2) is 4.04. The Morgan fingerprint density at radius 3 is 2.72 bits per heavy atom. The van der Waals surface area contributed by atoms with Crippen molar-refractivity contribution in [1.29, 1.82) is 0 Å². The molecule has 1 aromatic rings. The first-order chi connectivity index (χ1) is 8.64. The molecule has 3 rings (SSSR count). The summed E-state index contributed by atoms with van der Waals surface area (Å²) in [7, 11) is 1.46. The molecule has 2 saturated carbocycles. The molecular weight excluding hydrogens is 231 g/mol. The summed E-state index contributed by atoms with van der Waals surface area (Å²) in [5, 5.41) is 3.37. The molecule has 2 aliphatic carbocycles. The highest BCUT2D eigenvalue weighted by Crippen LogP contribution is 2.61. The van der Waals surface area contributed by atoms with Crippen molar-refractivity contribution in [1.82, 2.24) is 0 Å². The van der Waals surface area contributed by atoms with E-state index in [0.29, 0.717) is 11.1 Å². The number of halogens is 1. The Hall–Kier alpha value is -1.45. The fraction of sp³-hybridized carbons (Fsp3) is 0.571. The van der Waals surface area contributed by atoms with Crippen LogP contribution < -0.4 is 15.8 Å². The van der Waals surface area contributed by atoms with Crippen molar-refractivity contribution in [2.45, 2.75) is 25.7 Å². The number of anilines is 2. The predicted molar refractivity (Wildman–Crippen MR) is 70.2 cm³/mol. The van der Waals surface area contributed by atoms with Gasteiger partial charge in [-0.25, -0.2) is 4.39 Å². The summed E-state index contributed by atoms with van der Waals surface area (Å²) in [6, 6.07) is 2.96. The van der Waals surface area contributed by atoms with Crippen molar-refractivity contribution in [3.8, 4) is 5.75 Å². The van der Waals surface area contributed by atoms with Crippen molar-refractivity contribution in [3.63, 3.8) is 0 Å². The molecule has 0 radical (unpaired) electrons. The lowest BCUT2D eigenvalue weighted by Crippen LogP contribution is -2.18. The average molecular weight is 250 g/mol. The van der Waals surface area contributed by atoms with Crippen molar-refractivity contribution >= 4 is 11.4 Å². The van der Waals surface area contributed by atoms with Gasteiger partial charge in [0.1, 0.15) is 0 Å². The number of nitrogens with one attached hydrogen (secondary N) is 1. The van der Waals surface area contributed by atoms with Crippen LogP contribution in [-0.2, 0) is 0 Å². The van der Waals surface area contributed by atoms with Crippen LogP contribution in [0.2, 0.25) is 0 Å². The third kappa shape index (κ3) is 2.00. The Morgan fingerprint density at radius 2 is 2.17 bits per heavy atom. The van der Waals surface area contributed by atoms with Gasteiger partial charge in [0.2, 0.25) is 0 Å². The highest BCUT2D eigenvalue weighted by Gasteiger charge is 2.53. The molecule has 0 unspecified atom stereocenters. The number of hydrogen-bond donors (Lipinski definition) is 2. The topological polar surface area (TPSA) is 47.3 Å². The number of methoxy groups -OCH3 is 1. The van der Waals surface area contributed by atoms with Gasteiger partial charge in [0, 0.05) is 18.7 Å². The van der Waals surface area contributed by atoms with Crippen LogP contribution in [0.4, 0.5) is 15.8 Å². The highest BCUT2D eigenvalue weighted by molar-refractivity contribution is 5.68. The minimum absolute atomic E-state index is 0.239. The lowest BCUT2D eigenvalue weighted by atomic mass is 10.0. The number of nitrogens with two attached hydrogens (primary N) is 1. The summed E-state index contributed by atoms with van der Waals surface area (Å²) in [6.07, 6.45) is 5.35. The Kier molecular flexibility index (Phi) is 2.61. The van der Waals surface area contributed by atoms with Gasteiger partial charge >= 0.3 is 0 Å². The summed E-state index contributed by atoms with van der Waals surface area (Å²) in [5.74, 6) is 0.723. The molecule has 2 fully saturated rings. The Labute approximate surface area is 107 Å². The Balaban J connectivity index is 1.72. The summed E-state index contributed by atoms with van der Waals surface area (Å²) in [5.41, 5.74) is 7.54. The Morgan fingerprint density at radius 1 is 1.44 bits per heavy atom. The van der Waals surface area contributed by atoms with Gasteiger partial charge in [0.25, 0.3) is 0 Å².